The van der Waals surface area contributed by atoms with Crippen molar-refractivity contribution >= 4 is 21.4 Å². The first-order valence-electron chi connectivity index (χ1n) is 9.86. The minimum Gasteiger partial charge on any atom is -0.325 e. The van der Waals surface area contributed by atoms with Crippen molar-refractivity contribution in [3.05, 3.63) is 46.3 Å². The van der Waals surface area contributed by atoms with Crippen molar-refractivity contribution in [1.82, 2.24) is 14.7 Å². The van der Waals surface area contributed by atoms with Crippen LogP contribution in [0.25, 0.3) is 0 Å². The molecule has 2 aromatic rings. The Kier molecular flexibility index (Phi) is 6.14. The number of nitrogens with zero attached hydrogens (tertiary/aromatic N) is 3. The predicted octanol–water partition coefficient (Wildman–Crippen LogP) is 2.55. The van der Waals surface area contributed by atoms with Gasteiger partial charge < -0.3 is 5.32 Å². The molecule has 8 heteroatoms. The molecule has 0 radical (unpaired) electrons. The van der Waals surface area contributed by atoms with Crippen molar-refractivity contribution in [1.29, 1.82) is 0 Å². The predicted molar refractivity (Wildman–Crippen MR) is 115 cm³/mol. The molecular weight excluding hydrogens is 388 g/mol. The molecule has 2 heterocycles. The van der Waals surface area contributed by atoms with E-state index in [1.54, 1.807) is 0 Å². The summed E-state index contributed by atoms with van der Waals surface area (Å²) in [5.74, 6) is 0.314. The van der Waals surface area contributed by atoms with Gasteiger partial charge in [-0.15, -0.1) is 0 Å². The van der Waals surface area contributed by atoms with Gasteiger partial charge in [-0.25, -0.2) is 8.42 Å². The van der Waals surface area contributed by atoms with Crippen LogP contribution in [0.15, 0.2) is 18.2 Å². The molecule has 1 aliphatic rings. The summed E-state index contributed by atoms with van der Waals surface area (Å²) >= 11 is 0. The highest BCUT2D eigenvalue weighted by Gasteiger charge is 2.31. The van der Waals surface area contributed by atoms with Crippen molar-refractivity contribution in [2.45, 2.75) is 46.7 Å². The van der Waals surface area contributed by atoms with Gasteiger partial charge in [0.1, 0.15) is 0 Å². The smallest absolute Gasteiger partial charge is 0.238 e. The topological polar surface area (TPSA) is 84.3 Å². The van der Waals surface area contributed by atoms with Crippen molar-refractivity contribution in [3.8, 4) is 0 Å². The number of sulfone groups is 1. The van der Waals surface area contributed by atoms with Crippen LogP contribution < -0.4 is 5.32 Å². The molecule has 3 rings (SSSR count). The lowest BCUT2D eigenvalue weighted by atomic mass is 10.1. The number of hydrogen-bond acceptors (Lipinski definition) is 5. The molecule has 1 saturated heterocycles. The van der Waals surface area contributed by atoms with Crippen molar-refractivity contribution in [2.24, 2.45) is 0 Å². The van der Waals surface area contributed by atoms with E-state index in [9.17, 15) is 13.2 Å². The zero-order valence-electron chi connectivity index (χ0n) is 17.8. The molecular formula is C21H30N4O3S. The third kappa shape index (κ3) is 5.25. The summed E-state index contributed by atoms with van der Waals surface area (Å²) in [6.07, 6.45) is 0.609. The summed E-state index contributed by atoms with van der Waals surface area (Å²) in [4.78, 5) is 14.4. The van der Waals surface area contributed by atoms with Gasteiger partial charge in [-0.05, 0) is 64.4 Å². The molecule has 1 amide bonds. The number of aryl methyl sites for hydroxylation is 3. The minimum atomic E-state index is -2.96. The van der Waals surface area contributed by atoms with E-state index in [0.29, 0.717) is 13.0 Å². The number of benzene rings is 1. The number of carbonyl (C=O) groups is 1. The largest absolute Gasteiger partial charge is 0.325 e. The third-order valence-corrected chi connectivity index (χ3v) is 7.13. The van der Waals surface area contributed by atoms with Gasteiger partial charge in [0.25, 0.3) is 0 Å². The van der Waals surface area contributed by atoms with Gasteiger partial charge in [0.2, 0.25) is 5.91 Å². The fraction of sp³-hybridized carbons (Fsp3) is 0.524. The second kappa shape index (κ2) is 8.28. The lowest BCUT2D eigenvalue weighted by Crippen LogP contribution is -2.30. The van der Waals surface area contributed by atoms with Gasteiger partial charge in [-0.1, -0.05) is 6.07 Å². The van der Waals surface area contributed by atoms with Gasteiger partial charge in [0, 0.05) is 23.5 Å². The average molecular weight is 419 g/mol. The van der Waals surface area contributed by atoms with E-state index in [4.69, 9.17) is 0 Å². The van der Waals surface area contributed by atoms with E-state index in [2.05, 4.69) is 16.5 Å². The molecule has 0 spiro atoms. The minimum absolute atomic E-state index is 0.0675. The second-order valence-corrected chi connectivity index (χ2v) is 10.5. The first-order chi connectivity index (χ1) is 13.5. The lowest BCUT2D eigenvalue weighted by molar-refractivity contribution is -0.117. The van der Waals surface area contributed by atoms with Crippen LogP contribution in [-0.2, 0) is 21.2 Å². The number of likely N-dealkylation sites (N-methyl/N-ethyl adjacent to an activating group) is 1. The van der Waals surface area contributed by atoms with Crippen LogP contribution >= 0.6 is 0 Å². The van der Waals surface area contributed by atoms with Gasteiger partial charge in [0.15, 0.2) is 9.84 Å². The fourth-order valence-corrected chi connectivity index (χ4v) is 5.76. The Morgan fingerprint density at radius 1 is 1.21 bits per heavy atom. The maximum Gasteiger partial charge on any atom is 0.238 e. The number of aromatic nitrogens is 2. The molecule has 29 heavy (non-hydrogen) atoms. The van der Waals surface area contributed by atoms with E-state index in [-0.39, 0.29) is 30.0 Å². The Balaban J connectivity index is 1.64. The summed E-state index contributed by atoms with van der Waals surface area (Å²) in [6.45, 7) is 8.77. The SMILES string of the molecule is Cc1cc(C)cc(NC(=O)CN(C)Cc2c(C)nn([C@H]3CCS(=O)(=O)C3)c2C)c1. The fourth-order valence-electron chi connectivity index (χ4n) is 4.07. The highest BCUT2D eigenvalue weighted by atomic mass is 32.2. The molecule has 1 aliphatic heterocycles. The normalized spacial score (nSPS) is 18.3. The molecule has 1 atom stereocenters. The molecule has 0 unspecified atom stereocenters. The van der Waals surface area contributed by atoms with Crippen LogP contribution in [0.5, 0.6) is 0 Å². The number of nitrogens with one attached hydrogen (secondary N) is 1. The van der Waals surface area contributed by atoms with Crippen LogP contribution in [0.2, 0.25) is 0 Å². The molecule has 0 aliphatic carbocycles. The van der Waals surface area contributed by atoms with Crippen LogP contribution in [0.1, 0.15) is 40.5 Å². The Bertz CT molecular complexity index is 1010. The lowest BCUT2D eigenvalue weighted by Gasteiger charge is -2.17. The van der Waals surface area contributed by atoms with Crippen molar-refractivity contribution < 1.29 is 13.2 Å². The number of anilines is 1. The van der Waals surface area contributed by atoms with E-state index in [1.165, 1.54) is 0 Å². The van der Waals surface area contributed by atoms with Gasteiger partial charge in [0.05, 0.1) is 29.8 Å². The van der Waals surface area contributed by atoms with Crippen molar-refractivity contribution in [3.63, 3.8) is 0 Å². The average Bonchev–Trinajstić information content (AvgIpc) is 3.07. The molecule has 158 valence electrons. The molecule has 1 N–H and O–H groups in total. The van der Waals surface area contributed by atoms with Gasteiger partial charge in [-0.3, -0.25) is 14.4 Å². The summed E-state index contributed by atoms with van der Waals surface area (Å²) in [5, 5.41) is 7.56. The van der Waals surface area contributed by atoms with Crippen LogP contribution in [0.4, 0.5) is 5.69 Å². The van der Waals surface area contributed by atoms with E-state index >= 15 is 0 Å². The Labute approximate surface area is 173 Å². The maximum atomic E-state index is 12.5. The molecule has 0 saturated carbocycles. The monoisotopic (exact) mass is 418 g/mol. The number of hydrogen-bond donors (Lipinski definition) is 1. The summed E-state index contributed by atoms with van der Waals surface area (Å²) in [5.41, 5.74) is 5.95. The first-order valence-corrected chi connectivity index (χ1v) is 11.7. The summed E-state index contributed by atoms with van der Waals surface area (Å²) in [7, 11) is -1.06. The maximum absolute atomic E-state index is 12.5. The van der Waals surface area contributed by atoms with Crippen LogP contribution in [0.3, 0.4) is 0 Å². The summed E-state index contributed by atoms with van der Waals surface area (Å²) in [6, 6.07) is 5.89. The van der Waals surface area contributed by atoms with E-state index < -0.39 is 9.84 Å². The molecule has 1 aromatic carbocycles. The van der Waals surface area contributed by atoms with Gasteiger partial charge in [-0.2, -0.15) is 5.10 Å². The zero-order valence-corrected chi connectivity index (χ0v) is 18.6. The highest BCUT2D eigenvalue weighted by molar-refractivity contribution is 7.91. The highest BCUT2D eigenvalue weighted by Crippen LogP contribution is 2.27. The van der Waals surface area contributed by atoms with Gasteiger partial charge >= 0.3 is 0 Å². The van der Waals surface area contributed by atoms with Crippen LogP contribution in [-0.4, -0.2) is 54.1 Å². The molecule has 7 nitrogen and oxygen atoms in total. The summed E-state index contributed by atoms with van der Waals surface area (Å²) < 4.78 is 25.5. The second-order valence-electron chi connectivity index (χ2n) is 8.25. The number of carbonyl (C=O) groups excluding carboxylic acids is 1. The quantitative estimate of drug-likeness (QED) is 0.779. The van der Waals surface area contributed by atoms with Crippen molar-refractivity contribution in [2.75, 3.05) is 30.4 Å². The standard InChI is InChI=1S/C21H30N4O3S/c1-14-8-15(2)10-18(9-14)22-21(26)12-24(5)11-20-16(3)23-25(17(20)4)19-6-7-29(27,28)13-19/h8-10,19H,6-7,11-13H2,1-5H3,(H,22,26)/t19-/m0/s1. The molecule has 1 aromatic heterocycles. The van der Waals surface area contributed by atoms with E-state index in [1.807, 2.05) is 56.5 Å². The first kappa shape index (κ1) is 21.5. The van der Waals surface area contributed by atoms with E-state index in [0.717, 1.165) is 33.8 Å². The Morgan fingerprint density at radius 2 is 1.86 bits per heavy atom. The zero-order chi connectivity index (χ0) is 21.3. The Hall–Kier alpha value is -2.19. The Morgan fingerprint density at radius 3 is 2.45 bits per heavy atom. The third-order valence-electron chi connectivity index (χ3n) is 5.38. The molecule has 1 fully saturated rings. The molecule has 0 bridgehead atoms. The number of amides is 1. The van der Waals surface area contributed by atoms with Crippen LogP contribution in [0, 0.1) is 27.7 Å². The number of rotatable bonds is 6.